The summed E-state index contributed by atoms with van der Waals surface area (Å²) in [7, 11) is 0. The zero-order chi connectivity index (χ0) is 50.8. The van der Waals surface area contributed by atoms with Gasteiger partial charge in [-0.1, -0.05) is 115 Å². The number of rotatable bonds is 7. The lowest BCUT2D eigenvalue weighted by atomic mass is 9.85. The van der Waals surface area contributed by atoms with E-state index >= 15 is 0 Å². The van der Waals surface area contributed by atoms with E-state index in [1.807, 2.05) is 48.9 Å². The lowest BCUT2D eigenvalue weighted by Gasteiger charge is -2.33. The summed E-state index contributed by atoms with van der Waals surface area (Å²) in [5, 5.41) is 9.23. The second-order valence-electron chi connectivity index (χ2n) is 20.5. The predicted molar refractivity (Wildman–Crippen MR) is 314 cm³/mol. The largest absolute Gasteiger partial charge is 0.458 e. The van der Waals surface area contributed by atoms with Gasteiger partial charge in [0.15, 0.2) is 5.58 Å². The SMILES string of the molecule is CC1(n2c3ccc(-c4ccccc4-c4ccccn4)cc3c3ncccc32)CC=Cc2c1oc1ccc(-c3ccc4c(c3)c3c(n4-c4cccc5c4oc4ccc(-c6ccccc6-c6ccccn6)cc45)C=CCN3)cc21. The number of allylic oxidation sites excluding steroid dienone is 1. The van der Waals surface area contributed by atoms with Crippen LogP contribution in [0.3, 0.4) is 0 Å². The van der Waals surface area contributed by atoms with Crippen LogP contribution < -0.4 is 5.32 Å². The van der Waals surface area contributed by atoms with Crippen molar-refractivity contribution in [1.29, 1.82) is 0 Å². The molecule has 1 atom stereocenters. The zero-order valence-electron chi connectivity index (χ0n) is 41.9. The molecule has 1 unspecified atom stereocenters. The molecule has 364 valence electrons. The highest BCUT2D eigenvalue weighted by Gasteiger charge is 2.39. The van der Waals surface area contributed by atoms with E-state index < -0.39 is 5.54 Å². The maximum atomic E-state index is 7.05. The first-order valence-corrected chi connectivity index (χ1v) is 26.3. The first-order valence-electron chi connectivity index (χ1n) is 26.3. The molecule has 0 bridgehead atoms. The second-order valence-corrected chi connectivity index (χ2v) is 20.5. The number of fused-ring (bicyclic) bond motifs is 12. The molecule has 8 nitrogen and oxygen atoms in total. The molecule has 0 radical (unpaired) electrons. The number of furan rings is 2. The minimum Gasteiger partial charge on any atom is -0.458 e. The average Bonchev–Trinajstić information content (AvgIpc) is 4.46. The van der Waals surface area contributed by atoms with Crippen molar-refractivity contribution in [2.75, 3.05) is 11.9 Å². The molecule has 1 aliphatic heterocycles. The molecule has 14 aromatic rings. The van der Waals surface area contributed by atoms with Crippen LogP contribution in [0.2, 0.25) is 0 Å². The van der Waals surface area contributed by atoms with E-state index in [4.69, 9.17) is 18.8 Å². The predicted octanol–water partition coefficient (Wildman–Crippen LogP) is 17.5. The topological polar surface area (TPSA) is 86.8 Å². The fraction of sp³-hybridized carbons (Fsp3) is 0.0580. The van der Waals surface area contributed by atoms with E-state index in [-0.39, 0.29) is 0 Å². The Bertz CT molecular complexity index is 4800. The van der Waals surface area contributed by atoms with Gasteiger partial charge in [-0.3, -0.25) is 15.0 Å². The van der Waals surface area contributed by atoms with Crippen LogP contribution in [0.15, 0.2) is 228 Å². The minimum absolute atomic E-state index is 0.545. The molecule has 8 heterocycles. The van der Waals surface area contributed by atoms with Crippen molar-refractivity contribution in [1.82, 2.24) is 24.1 Å². The number of benzene rings is 7. The number of hydrogen-bond donors (Lipinski definition) is 1. The van der Waals surface area contributed by atoms with Gasteiger partial charge in [0.25, 0.3) is 0 Å². The Morgan fingerprint density at radius 1 is 0.481 bits per heavy atom. The van der Waals surface area contributed by atoms with Crippen molar-refractivity contribution in [3.05, 3.63) is 236 Å². The molecule has 2 aliphatic rings. The van der Waals surface area contributed by atoms with Gasteiger partial charge in [0, 0.05) is 68.8 Å². The van der Waals surface area contributed by atoms with Gasteiger partial charge in [0.2, 0.25) is 0 Å². The second kappa shape index (κ2) is 16.7. The van der Waals surface area contributed by atoms with Gasteiger partial charge in [-0.05, 0) is 144 Å². The van der Waals surface area contributed by atoms with Gasteiger partial charge in [0.05, 0.1) is 50.5 Å². The summed E-state index contributed by atoms with van der Waals surface area (Å²) in [6.07, 6.45) is 15.3. The van der Waals surface area contributed by atoms with Crippen molar-refractivity contribution < 1.29 is 8.83 Å². The quantitative estimate of drug-likeness (QED) is 0.171. The van der Waals surface area contributed by atoms with Gasteiger partial charge in [-0.15, -0.1) is 0 Å². The smallest absolute Gasteiger partial charge is 0.159 e. The Labute approximate surface area is 442 Å². The molecule has 77 heavy (non-hydrogen) atoms. The Balaban J connectivity index is 0.787. The number of para-hydroxylation sites is 1. The molecule has 7 aromatic carbocycles. The minimum atomic E-state index is -0.545. The molecule has 0 fully saturated rings. The molecule has 0 spiro atoms. The Morgan fingerprint density at radius 3 is 1.87 bits per heavy atom. The molecule has 1 N–H and O–H groups in total. The van der Waals surface area contributed by atoms with Crippen molar-refractivity contribution in [2.24, 2.45) is 0 Å². The van der Waals surface area contributed by atoms with Crippen LogP contribution in [-0.2, 0) is 5.54 Å². The van der Waals surface area contributed by atoms with E-state index in [1.165, 1.54) is 0 Å². The molecule has 7 aromatic heterocycles. The summed E-state index contributed by atoms with van der Waals surface area (Å²) in [5.74, 6) is 0.947. The Morgan fingerprint density at radius 2 is 1.12 bits per heavy atom. The standard InChI is InChI=1S/C69H46N6O2/c1-69(75-59-30-26-44(41-55(59)66-61(75)24-13-37-73-66)46-14-2-4-16-48(46)56-20-6-8-34-70-56)33-11-19-51-53-38-43(27-31-64(53)77-68(51)69)42-25-29-58-54(39-42)65-60(23-12-36-72-65)74(58)62-22-10-18-50-52-40-45(28-32-63(52)76-67(50)62)47-15-3-5-17-49(47)57-21-7-9-35-71-57/h2-32,34-35,37-41,72H,33,36H2,1H3. The number of pyridine rings is 3. The highest BCUT2D eigenvalue weighted by molar-refractivity contribution is 6.12. The van der Waals surface area contributed by atoms with Gasteiger partial charge in [0.1, 0.15) is 22.5 Å². The highest BCUT2D eigenvalue weighted by Crippen LogP contribution is 2.49. The lowest BCUT2D eigenvalue weighted by molar-refractivity contribution is 0.334. The molecule has 1 aliphatic carbocycles. The van der Waals surface area contributed by atoms with E-state index in [9.17, 15) is 0 Å². The normalized spacial score (nSPS) is 15.0. The van der Waals surface area contributed by atoms with Gasteiger partial charge in [-0.2, -0.15) is 0 Å². The number of nitrogens with one attached hydrogen (secondary N) is 1. The number of anilines is 1. The van der Waals surface area contributed by atoms with Crippen molar-refractivity contribution in [3.63, 3.8) is 0 Å². The number of aromatic nitrogens is 5. The maximum Gasteiger partial charge on any atom is 0.159 e. The van der Waals surface area contributed by atoms with E-state index in [0.717, 1.165) is 163 Å². The molecule has 0 saturated carbocycles. The molecule has 0 saturated heterocycles. The van der Waals surface area contributed by atoms with Gasteiger partial charge >= 0.3 is 0 Å². The average molecular weight is 991 g/mol. The fourth-order valence-corrected chi connectivity index (χ4v) is 12.6. The highest BCUT2D eigenvalue weighted by atomic mass is 16.3. The summed E-state index contributed by atoms with van der Waals surface area (Å²) >= 11 is 0. The van der Waals surface area contributed by atoms with Crippen LogP contribution >= 0.6 is 0 Å². The molecular weight excluding hydrogens is 945 g/mol. The molecule has 8 heteroatoms. The Kier molecular flexibility index (Phi) is 9.42. The van der Waals surface area contributed by atoms with Crippen LogP contribution in [0, 0.1) is 0 Å². The summed E-state index contributed by atoms with van der Waals surface area (Å²) in [4.78, 5) is 14.4. The third-order valence-electron chi connectivity index (χ3n) is 16.1. The summed E-state index contributed by atoms with van der Waals surface area (Å²) in [6, 6.07) is 66.6. The third-order valence-corrected chi connectivity index (χ3v) is 16.1. The summed E-state index contributed by atoms with van der Waals surface area (Å²) in [5.41, 5.74) is 21.4. The van der Waals surface area contributed by atoms with E-state index in [0.29, 0.717) is 0 Å². The summed E-state index contributed by atoms with van der Waals surface area (Å²) < 4.78 is 18.7. The molecular formula is C69H46N6O2. The van der Waals surface area contributed by atoms with Crippen molar-refractivity contribution >= 4 is 83.6 Å². The van der Waals surface area contributed by atoms with Crippen molar-refractivity contribution in [3.8, 4) is 61.6 Å². The van der Waals surface area contributed by atoms with Crippen molar-refractivity contribution in [2.45, 2.75) is 18.9 Å². The first kappa shape index (κ1) is 43.4. The monoisotopic (exact) mass is 990 g/mol. The van der Waals surface area contributed by atoms with E-state index in [1.54, 1.807) is 0 Å². The van der Waals surface area contributed by atoms with Crippen LogP contribution in [0.5, 0.6) is 0 Å². The number of nitrogens with zero attached hydrogens (tertiary/aromatic N) is 5. The molecule has 0 amide bonds. The van der Waals surface area contributed by atoms with Crippen LogP contribution in [0.4, 0.5) is 5.69 Å². The molecule has 16 rings (SSSR count). The number of hydrogen-bond acceptors (Lipinski definition) is 6. The third kappa shape index (κ3) is 6.55. The zero-order valence-corrected chi connectivity index (χ0v) is 41.9. The fourth-order valence-electron chi connectivity index (χ4n) is 12.6. The van der Waals surface area contributed by atoms with Crippen LogP contribution in [0.1, 0.15) is 30.4 Å². The summed E-state index contributed by atoms with van der Waals surface area (Å²) in [6.45, 7) is 3.06. The van der Waals surface area contributed by atoms with Gasteiger partial charge in [-0.25, -0.2) is 0 Å². The first-order chi connectivity index (χ1) is 38.1. The van der Waals surface area contributed by atoms with Gasteiger partial charge < -0.3 is 23.3 Å². The van der Waals surface area contributed by atoms with E-state index in [2.05, 4.69) is 208 Å². The van der Waals surface area contributed by atoms with Crippen LogP contribution in [-0.4, -0.2) is 30.6 Å². The Hall–Kier alpha value is -10.1. The maximum absolute atomic E-state index is 7.05. The van der Waals surface area contributed by atoms with Crippen LogP contribution in [0.25, 0.3) is 139 Å². The lowest BCUT2D eigenvalue weighted by Crippen LogP contribution is -2.32.